The Bertz CT molecular complexity index is 501. The Labute approximate surface area is 138 Å². The predicted molar refractivity (Wildman–Crippen MR) is 89.8 cm³/mol. The molecule has 1 fully saturated rings. The Morgan fingerprint density at radius 2 is 1.91 bits per heavy atom. The smallest absolute Gasteiger partial charge is 0.223 e. The zero-order valence-electron chi connectivity index (χ0n) is 14.3. The molecule has 3 atom stereocenters. The average Bonchev–Trinajstić information content (AvgIpc) is 2.54. The highest BCUT2D eigenvalue weighted by Crippen LogP contribution is 2.26. The minimum Gasteiger partial charge on any atom is -0.390 e. The summed E-state index contributed by atoms with van der Waals surface area (Å²) in [5.74, 6) is -0.0207. The minimum atomic E-state index is -0.451. The number of hydrogen-bond acceptors (Lipinski definition) is 4. The van der Waals surface area contributed by atoms with Gasteiger partial charge in [-0.3, -0.25) is 4.79 Å². The number of carbonyl (C=O) groups excluding carboxylic acids is 1. The van der Waals surface area contributed by atoms with Gasteiger partial charge < -0.3 is 20.1 Å². The van der Waals surface area contributed by atoms with Crippen LogP contribution in [0.4, 0.5) is 0 Å². The third-order valence-corrected chi connectivity index (χ3v) is 4.42. The van der Waals surface area contributed by atoms with Gasteiger partial charge in [0.2, 0.25) is 5.91 Å². The van der Waals surface area contributed by atoms with Crippen LogP contribution < -0.4 is 5.32 Å². The number of benzene rings is 1. The molecule has 5 heteroatoms. The van der Waals surface area contributed by atoms with Crippen LogP contribution >= 0.6 is 0 Å². The van der Waals surface area contributed by atoms with Gasteiger partial charge in [-0.15, -0.1) is 0 Å². The van der Waals surface area contributed by atoms with Crippen LogP contribution in [0.1, 0.15) is 30.4 Å². The minimum absolute atomic E-state index is 0.0521. The highest BCUT2D eigenvalue weighted by molar-refractivity contribution is 5.78. The number of aliphatic hydroxyl groups is 1. The Morgan fingerprint density at radius 3 is 2.52 bits per heavy atom. The molecular formula is C18H28N2O3. The summed E-state index contributed by atoms with van der Waals surface area (Å²) in [5.41, 5.74) is 2.36. The fraction of sp³-hybridized carbons (Fsp3) is 0.611. The van der Waals surface area contributed by atoms with Gasteiger partial charge in [-0.25, -0.2) is 0 Å². The van der Waals surface area contributed by atoms with Gasteiger partial charge in [0.05, 0.1) is 12.2 Å². The molecule has 2 rings (SSSR count). The molecule has 3 unspecified atom stereocenters. The van der Waals surface area contributed by atoms with Crippen LogP contribution in [0.2, 0.25) is 0 Å². The van der Waals surface area contributed by atoms with Crippen molar-refractivity contribution < 1.29 is 14.6 Å². The second kappa shape index (κ2) is 8.43. The number of hydrogen-bond donors (Lipinski definition) is 2. The summed E-state index contributed by atoms with van der Waals surface area (Å²) in [7, 11) is 5.68. The van der Waals surface area contributed by atoms with E-state index in [1.165, 1.54) is 5.56 Å². The lowest BCUT2D eigenvalue weighted by molar-refractivity contribution is -0.130. The number of carbonyl (C=O) groups is 1. The Balaban J connectivity index is 1.82. The first kappa shape index (κ1) is 17.9. The topological polar surface area (TPSA) is 61.8 Å². The zero-order chi connectivity index (χ0) is 16.8. The van der Waals surface area contributed by atoms with Gasteiger partial charge in [-0.1, -0.05) is 24.3 Å². The number of amides is 1. The lowest BCUT2D eigenvalue weighted by Gasteiger charge is -2.31. The third kappa shape index (κ3) is 5.30. The number of rotatable bonds is 6. The molecule has 0 heterocycles. The molecule has 1 aliphatic rings. The fourth-order valence-electron chi connectivity index (χ4n) is 3.07. The molecule has 0 aliphatic heterocycles. The van der Waals surface area contributed by atoms with Crippen LogP contribution in [0.15, 0.2) is 24.3 Å². The van der Waals surface area contributed by atoms with E-state index in [0.29, 0.717) is 25.8 Å². The van der Waals surface area contributed by atoms with E-state index < -0.39 is 6.10 Å². The van der Waals surface area contributed by atoms with Crippen molar-refractivity contribution in [2.24, 2.45) is 5.92 Å². The van der Waals surface area contributed by atoms with Crippen LogP contribution in [0.25, 0.3) is 0 Å². The van der Waals surface area contributed by atoms with Crippen LogP contribution in [0.5, 0.6) is 0 Å². The van der Waals surface area contributed by atoms with Crippen molar-refractivity contribution in [1.82, 2.24) is 10.2 Å². The van der Waals surface area contributed by atoms with Crippen LogP contribution in [0, 0.1) is 5.92 Å². The van der Waals surface area contributed by atoms with Gasteiger partial charge in [0, 0.05) is 26.1 Å². The maximum atomic E-state index is 12.3. The Kier molecular flexibility index (Phi) is 6.57. The monoisotopic (exact) mass is 320 g/mol. The van der Waals surface area contributed by atoms with Gasteiger partial charge in [-0.2, -0.15) is 0 Å². The highest BCUT2D eigenvalue weighted by Gasteiger charge is 2.32. The van der Waals surface area contributed by atoms with Crippen molar-refractivity contribution in [1.29, 1.82) is 0 Å². The number of aliphatic hydroxyl groups excluding tert-OH is 1. The summed E-state index contributed by atoms with van der Waals surface area (Å²) in [6.45, 7) is 1.45. The van der Waals surface area contributed by atoms with E-state index in [1.807, 2.05) is 14.1 Å². The molecule has 0 saturated heterocycles. The van der Waals surface area contributed by atoms with Gasteiger partial charge >= 0.3 is 0 Å². The molecule has 1 saturated carbocycles. The molecule has 1 aromatic rings. The van der Waals surface area contributed by atoms with Gasteiger partial charge in [-0.05, 0) is 44.5 Å². The maximum absolute atomic E-state index is 12.3. The zero-order valence-corrected chi connectivity index (χ0v) is 14.3. The summed E-state index contributed by atoms with van der Waals surface area (Å²) in [4.78, 5) is 14.4. The van der Waals surface area contributed by atoms with E-state index >= 15 is 0 Å². The van der Waals surface area contributed by atoms with Crippen LogP contribution in [0.3, 0.4) is 0 Å². The van der Waals surface area contributed by atoms with Gasteiger partial charge in [0.1, 0.15) is 0 Å². The molecule has 1 aliphatic carbocycles. The SMILES string of the molecule is COC1CC(C(=O)NCc2ccc(CN(C)C)cc2)CCC1O. The molecule has 0 bridgehead atoms. The molecular weight excluding hydrogens is 292 g/mol. The predicted octanol–water partition coefficient (Wildman–Crippen LogP) is 1.54. The molecule has 1 aromatic carbocycles. The Hall–Kier alpha value is -1.43. The van der Waals surface area contributed by atoms with E-state index in [4.69, 9.17) is 4.74 Å². The van der Waals surface area contributed by atoms with Crippen molar-refractivity contribution in [3.8, 4) is 0 Å². The lowest BCUT2D eigenvalue weighted by Crippen LogP contribution is -2.41. The van der Waals surface area contributed by atoms with E-state index in [1.54, 1.807) is 7.11 Å². The molecule has 23 heavy (non-hydrogen) atoms. The first-order chi connectivity index (χ1) is 11.0. The van der Waals surface area contributed by atoms with Crippen molar-refractivity contribution in [3.63, 3.8) is 0 Å². The molecule has 1 amide bonds. The van der Waals surface area contributed by atoms with E-state index in [-0.39, 0.29) is 17.9 Å². The number of nitrogens with zero attached hydrogens (tertiary/aromatic N) is 1. The molecule has 128 valence electrons. The average molecular weight is 320 g/mol. The van der Waals surface area contributed by atoms with E-state index in [0.717, 1.165) is 12.1 Å². The molecule has 0 aromatic heterocycles. The van der Waals surface area contributed by atoms with Crippen LogP contribution in [-0.2, 0) is 22.6 Å². The lowest BCUT2D eigenvalue weighted by atomic mass is 9.84. The fourth-order valence-corrected chi connectivity index (χ4v) is 3.07. The number of nitrogens with one attached hydrogen (secondary N) is 1. The molecule has 5 nitrogen and oxygen atoms in total. The maximum Gasteiger partial charge on any atom is 0.223 e. The molecule has 0 radical (unpaired) electrons. The quantitative estimate of drug-likeness (QED) is 0.835. The van der Waals surface area contributed by atoms with Crippen molar-refractivity contribution in [2.45, 2.75) is 44.6 Å². The normalized spacial score (nSPS) is 24.7. The van der Waals surface area contributed by atoms with E-state index in [9.17, 15) is 9.90 Å². The van der Waals surface area contributed by atoms with Crippen molar-refractivity contribution >= 4 is 5.91 Å². The number of methoxy groups -OCH3 is 1. The highest BCUT2D eigenvalue weighted by atomic mass is 16.5. The standard InChI is InChI=1S/C18H28N2O3/c1-20(2)12-14-6-4-13(5-7-14)11-19-18(22)15-8-9-16(21)17(10-15)23-3/h4-7,15-17,21H,8-12H2,1-3H3,(H,19,22). The van der Waals surface area contributed by atoms with Crippen LogP contribution in [-0.4, -0.2) is 49.3 Å². The van der Waals surface area contributed by atoms with Crippen molar-refractivity contribution in [3.05, 3.63) is 35.4 Å². The summed E-state index contributed by atoms with van der Waals surface area (Å²) >= 11 is 0. The second-order valence-corrected chi connectivity index (χ2v) is 6.62. The summed E-state index contributed by atoms with van der Waals surface area (Å²) < 4.78 is 5.26. The summed E-state index contributed by atoms with van der Waals surface area (Å²) in [5, 5.41) is 12.8. The van der Waals surface area contributed by atoms with Gasteiger partial charge in [0.25, 0.3) is 0 Å². The second-order valence-electron chi connectivity index (χ2n) is 6.62. The summed E-state index contributed by atoms with van der Waals surface area (Å²) in [6.07, 6.45) is 1.24. The molecule has 0 spiro atoms. The van der Waals surface area contributed by atoms with E-state index in [2.05, 4.69) is 34.5 Å². The molecule has 2 N–H and O–H groups in total. The number of ether oxygens (including phenoxy) is 1. The summed E-state index contributed by atoms with van der Waals surface area (Å²) in [6, 6.07) is 8.31. The first-order valence-corrected chi connectivity index (χ1v) is 8.20. The largest absolute Gasteiger partial charge is 0.390 e. The third-order valence-electron chi connectivity index (χ3n) is 4.42. The Morgan fingerprint density at radius 1 is 1.26 bits per heavy atom. The first-order valence-electron chi connectivity index (χ1n) is 8.20. The van der Waals surface area contributed by atoms with Gasteiger partial charge in [0.15, 0.2) is 0 Å². The van der Waals surface area contributed by atoms with Crippen molar-refractivity contribution in [2.75, 3.05) is 21.2 Å².